The molecule has 0 aliphatic heterocycles. The number of hydrazine groups is 1. The van der Waals surface area contributed by atoms with Crippen molar-refractivity contribution in [2.24, 2.45) is 5.84 Å². The fraction of sp³-hybridized carbons (Fsp3) is 0.125. The summed E-state index contributed by atoms with van der Waals surface area (Å²) < 4.78 is 4.98. The van der Waals surface area contributed by atoms with Gasteiger partial charge < -0.3 is 4.42 Å². The number of hydrogen-bond acceptors (Lipinski definition) is 5. The van der Waals surface area contributed by atoms with Gasteiger partial charge in [-0.2, -0.15) is 0 Å². The number of rotatable bonds is 3. The number of aromatic nitrogens is 1. The zero-order valence-electron chi connectivity index (χ0n) is 6.81. The first kappa shape index (κ1) is 8.43. The maximum absolute atomic E-state index is 5.43. The fourth-order valence-electron chi connectivity index (χ4n) is 1.16. The quantitative estimate of drug-likeness (QED) is 0.572. The van der Waals surface area contributed by atoms with Crippen LogP contribution in [0.3, 0.4) is 0 Å². The van der Waals surface area contributed by atoms with Crippen LogP contribution in [0.5, 0.6) is 0 Å². The number of nitrogens with one attached hydrogen (secondary N) is 1. The maximum atomic E-state index is 5.43. The predicted molar refractivity (Wildman–Crippen MR) is 50.0 cm³/mol. The van der Waals surface area contributed by atoms with E-state index in [0.717, 1.165) is 11.3 Å². The van der Waals surface area contributed by atoms with E-state index in [4.69, 9.17) is 10.3 Å². The van der Waals surface area contributed by atoms with Crippen LogP contribution in [0, 0.1) is 0 Å². The first-order valence-electron chi connectivity index (χ1n) is 3.78. The molecule has 2 aromatic rings. The van der Waals surface area contributed by atoms with Crippen molar-refractivity contribution >= 4 is 11.3 Å². The Balaban J connectivity index is 2.29. The molecule has 0 amide bonds. The van der Waals surface area contributed by atoms with Crippen LogP contribution in [-0.2, 0) is 0 Å². The highest BCUT2D eigenvalue weighted by molar-refractivity contribution is 7.07. The van der Waals surface area contributed by atoms with Gasteiger partial charge >= 0.3 is 0 Å². The minimum atomic E-state index is -0.0787. The monoisotopic (exact) mass is 195 g/mol. The van der Waals surface area contributed by atoms with Crippen LogP contribution in [0.15, 0.2) is 33.9 Å². The summed E-state index contributed by atoms with van der Waals surface area (Å²) in [4.78, 5) is 4.18. The summed E-state index contributed by atoms with van der Waals surface area (Å²) in [5.41, 5.74) is 6.36. The zero-order chi connectivity index (χ0) is 9.10. The lowest BCUT2D eigenvalue weighted by molar-refractivity contribution is 0.551. The molecule has 0 aromatic carbocycles. The van der Waals surface area contributed by atoms with Crippen LogP contribution in [0.1, 0.15) is 17.3 Å². The van der Waals surface area contributed by atoms with Crippen molar-refractivity contribution in [2.75, 3.05) is 0 Å². The summed E-state index contributed by atoms with van der Waals surface area (Å²) in [5.74, 6) is 5.43. The Bertz CT molecular complexity index is 309. The summed E-state index contributed by atoms with van der Waals surface area (Å²) >= 11 is 1.54. The summed E-state index contributed by atoms with van der Waals surface area (Å²) in [7, 11) is 0. The van der Waals surface area contributed by atoms with Gasteiger partial charge in [-0.3, -0.25) is 5.84 Å². The van der Waals surface area contributed by atoms with Gasteiger partial charge in [0, 0.05) is 10.9 Å². The molecule has 4 nitrogen and oxygen atoms in total. The van der Waals surface area contributed by atoms with Crippen LogP contribution in [0.4, 0.5) is 0 Å². The molecule has 0 aliphatic carbocycles. The predicted octanol–water partition coefficient (Wildman–Crippen LogP) is 1.29. The SMILES string of the molecule is NNC(c1ccoc1)c1cscn1. The normalized spacial score (nSPS) is 13.0. The minimum Gasteiger partial charge on any atom is -0.472 e. The Labute approximate surface area is 79.4 Å². The van der Waals surface area contributed by atoms with E-state index >= 15 is 0 Å². The second kappa shape index (κ2) is 3.69. The first-order chi connectivity index (χ1) is 6.42. The van der Waals surface area contributed by atoms with Crippen LogP contribution in [0.25, 0.3) is 0 Å². The maximum Gasteiger partial charge on any atom is 0.0954 e. The van der Waals surface area contributed by atoms with E-state index in [2.05, 4.69) is 10.4 Å². The van der Waals surface area contributed by atoms with E-state index in [-0.39, 0.29) is 6.04 Å². The fourth-order valence-corrected chi connectivity index (χ4v) is 1.74. The van der Waals surface area contributed by atoms with Gasteiger partial charge in [0.15, 0.2) is 0 Å². The molecule has 0 spiro atoms. The summed E-state index contributed by atoms with van der Waals surface area (Å²) in [6.45, 7) is 0. The average Bonchev–Trinajstić information content (AvgIpc) is 2.76. The van der Waals surface area contributed by atoms with Crippen LogP contribution < -0.4 is 11.3 Å². The number of hydrogen-bond donors (Lipinski definition) is 2. The molecule has 0 saturated heterocycles. The molecule has 0 bridgehead atoms. The number of thiazole rings is 1. The minimum absolute atomic E-state index is 0.0787. The topological polar surface area (TPSA) is 64.1 Å². The third-order valence-electron chi connectivity index (χ3n) is 1.79. The van der Waals surface area contributed by atoms with E-state index < -0.39 is 0 Å². The lowest BCUT2D eigenvalue weighted by atomic mass is 10.1. The van der Waals surface area contributed by atoms with Gasteiger partial charge in [0.05, 0.1) is 29.8 Å². The highest BCUT2D eigenvalue weighted by atomic mass is 32.1. The van der Waals surface area contributed by atoms with Crippen molar-refractivity contribution < 1.29 is 4.42 Å². The van der Waals surface area contributed by atoms with Crippen molar-refractivity contribution in [1.29, 1.82) is 0 Å². The Kier molecular flexibility index (Phi) is 2.40. The molecule has 2 rings (SSSR count). The van der Waals surface area contributed by atoms with E-state index in [1.54, 1.807) is 29.4 Å². The molecule has 1 unspecified atom stereocenters. The first-order valence-corrected chi connectivity index (χ1v) is 4.72. The van der Waals surface area contributed by atoms with E-state index in [1.807, 2.05) is 11.4 Å². The van der Waals surface area contributed by atoms with Crippen molar-refractivity contribution in [3.05, 3.63) is 40.7 Å². The van der Waals surface area contributed by atoms with Crippen molar-refractivity contribution in [2.45, 2.75) is 6.04 Å². The molecule has 1 atom stereocenters. The molecular weight excluding hydrogens is 186 g/mol. The standard InChI is InChI=1S/C8H9N3OS/c9-11-8(6-1-2-12-3-6)7-4-13-5-10-7/h1-5,8,11H,9H2. The molecule has 68 valence electrons. The van der Waals surface area contributed by atoms with Gasteiger partial charge in [-0.25, -0.2) is 10.4 Å². The van der Waals surface area contributed by atoms with Crippen LogP contribution in [-0.4, -0.2) is 4.98 Å². The molecule has 13 heavy (non-hydrogen) atoms. The van der Waals surface area contributed by atoms with Crippen molar-refractivity contribution in [3.8, 4) is 0 Å². The molecule has 0 saturated carbocycles. The molecule has 5 heteroatoms. The van der Waals surface area contributed by atoms with Gasteiger partial charge in [-0.15, -0.1) is 11.3 Å². The highest BCUT2D eigenvalue weighted by Crippen LogP contribution is 2.20. The molecular formula is C8H9N3OS. The van der Waals surface area contributed by atoms with Crippen molar-refractivity contribution in [3.63, 3.8) is 0 Å². The number of furan rings is 1. The van der Waals surface area contributed by atoms with E-state index in [9.17, 15) is 0 Å². The highest BCUT2D eigenvalue weighted by Gasteiger charge is 2.14. The van der Waals surface area contributed by atoms with Gasteiger partial charge in [0.2, 0.25) is 0 Å². The second-order valence-electron chi connectivity index (χ2n) is 2.57. The molecule has 2 aromatic heterocycles. The molecule has 3 N–H and O–H groups in total. The van der Waals surface area contributed by atoms with Gasteiger partial charge in [0.25, 0.3) is 0 Å². The van der Waals surface area contributed by atoms with Gasteiger partial charge in [-0.1, -0.05) is 0 Å². The average molecular weight is 195 g/mol. The third-order valence-corrected chi connectivity index (χ3v) is 2.40. The second-order valence-corrected chi connectivity index (χ2v) is 3.29. The van der Waals surface area contributed by atoms with E-state index in [1.165, 1.54) is 0 Å². The third kappa shape index (κ3) is 1.62. The Morgan fingerprint density at radius 1 is 1.62 bits per heavy atom. The van der Waals surface area contributed by atoms with Crippen LogP contribution >= 0.6 is 11.3 Å². The van der Waals surface area contributed by atoms with E-state index in [0.29, 0.717) is 0 Å². The van der Waals surface area contributed by atoms with Crippen LogP contribution in [0.2, 0.25) is 0 Å². The molecule has 2 heterocycles. The van der Waals surface area contributed by atoms with Gasteiger partial charge in [-0.05, 0) is 6.07 Å². The summed E-state index contributed by atoms with van der Waals surface area (Å²) in [5, 5.41) is 1.96. The molecule has 0 aliphatic rings. The van der Waals surface area contributed by atoms with Gasteiger partial charge in [0.1, 0.15) is 0 Å². The molecule has 0 radical (unpaired) electrons. The van der Waals surface area contributed by atoms with Crippen molar-refractivity contribution in [1.82, 2.24) is 10.4 Å². The lowest BCUT2D eigenvalue weighted by Gasteiger charge is -2.10. The Hall–Kier alpha value is -1.17. The summed E-state index contributed by atoms with van der Waals surface area (Å²) in [6, 6.07) is 1.79. The Morgan fingerprint density at radius 2 is 2.54 bits per heavy atom. The zero-order valence-corrected chi connectivity index (χ0v) is 7.62. The number of nitrogens with two attached hydrogens (primary N) is 1. The number of nitrogens with zero attached hydrogens (tertiary/aromatic N) is 1. The largest absolute Gasteiger partial charge is 0.472 e. The lowest BCUT2D eigenvalue weighted by Crippen LogP contribution is -2.28. The molecule has 0 fully saturated rings. The summed E-state index contributed by atoms with van der Waals surface area (Å²) in [6.07, 6.45) is 3.27. The Morgan fingerprint density at radius 3 is 3.08 bits per heavy atom. The smallest absolute Gasteiger partial charge is 0.0954 e.